The predicted molar refractivity (Wildman–Crippen MR) is 99.4 cm³/mol. The van der Waals surface area contributed by atoms with Crippen molar-refractivity contribution in [1.29, 1.82) is 0 Å². The maximum atomic E-state index is 13.0. The number of halogens is 1. The van der Waals surface area contributed by atoms with Crippen molar-refractivity contribution in [2.75, 3.05) is 10.7 Å². The Morgan fingerprint density at radius 3 is 2.61 bits per heavy atom. The Balaban J connectivity index is 1.82. The molecule has 2 heterocycles. The summed E-state index contributed by atoms with van der Waals surface area (Å²) in [5.74, 6) is 0.989. The summed E-state index contributed by atoms with van der Waals surface area (Å²) in [6, 6.07) is 15.5. The van der Waals surface area contributed by atoms with Gasteiger partial charge in [-0.25, -0.2) is 4.99 Å². The van der Waals surface area contributed by atoms with Crippen LogP contribution in [0.15, 0.2) is 69.1 Å². The Kier molecular flexibility index (Phi) is 3.83. The van der Waals surface area contributed by atoms with E-state index in [0.717, 1.165) is 39.3 Å². The van der Waals surface area contributed by atoms with Crippen molar-refractivity contribution >= 4 is 50.7 Å². The molecule has 0 radical (unpaired) electrons. The van der Waals surface area contributed by atoms with Gasteiger partial charge in [0.15, 0.2) is 0 Å². The van der Waals surface area contributed by atoms with Crippen LogP contribution in [0.1, 0.15) is 12.0 Å². The number of benzene rings is 2. The molecule has 2 aromatic rings. The number of carbonyl (C=O) groups excluding carboxylic acids is 1. The lowest BCUT2D eigenvalue weighted by Crippen LogP contribution is -2.28. The van der Waals surface area contributed by atoms with Gasteiger partial charge in [-0.15, -0.1) is 11.8 Å². The second-order valence-corrected chi connectivity index (χ2v) is 7.22. The molecule has 5 heteroatoms. The molecule has 23 heavy (non-hydrogen) atoms. The average Bonchev–Trinajstić information content (AvgIpc) is 3.17. The first-order chi connectivity index (χ1) is 11.2. The fourth-order valence-corrected chi connectivity index (χ4v) is 3.90. The van der Waals surface area contributed by atoms with Gasteiger partial charge in [0.1, 0.15) is 5.71 Å². The second-order valence-electron chi connectivity index (χ2n) is 5.32. The van der Waals surface area contributed by atoms with Gasteiger partial charge in [-0.1, -0.05) is 34.1 Å². The van der Waals surface area contributed by atoms with E-state index < -0.39 is 0 Å². The minimum Gasteiger partial charge on any atom is -0.278 e. The van der Waals surface area contributed by atoms with E-state index in [4.69, 9.17) is 0 Å². The third kappa shape index (κ3) is 2.64. The van der Waals surface area contributed by atoms with E-state index in [1.807, 2.05) is 53.4 Å². The summed E-state index contributed by atoms with van der Waals surface area (Å²) in [6.07, 6.45) is 0.913. The molecular formula is C18H13BrN2OS. The van der Waals surface area contributed by atoms with Crippen molar-refractivity contribution in [2.45, 2.75) is 6.42 Å². The molecule has 2 aromatic carbocycles. The van der Waals surface area contributed by atoms with Gasteiger partial charge in [-0.2, -0.15) is 0 Å². The zero-order valence-corrected chi connectivity index (χ0v) is 14.6. The van der Waals surface area contributed by atoms with Crippen LogP contribution in [0.5, 0.6) is 0 Å². The molecule has 0 bridgehead atoms. The summed E-state index contributed by atoms with van der Waals surface area (Å²) < 4.78 is 0.995. The number of hydrogen-bond acceptors (Lipinski definition) is 3. The van der Waals surface area contributed by atoms with Gasteiger partial charge in [0.2, 0.25) is 0 Å². The van der Waals surface area contributed by atoms with Gasteiger partial charge in [-0.3, -0.25) is 9.69 Å². The van der Waals surface area contributed by atoms with E-state index in [2.05, 4.69) is 26.3 Å². The number of nitrogens with zero attached hydrogens (tertiary/aromatic N) is 2. The topological polar surface area (TPSA) is 32.7 Å². The molecule has 4 rings (SSSR count). The van der Waals surface area contributed by atoms with Gasteiger partial charge in [0.25, 0.3) is 5.91 Å². The molecule has 1 amide bonds. The van der Waals surface area contributed by atoms with E-state index in [-0.39, 0.29) is 5.91 Å². The summed E-state index contributed by atoms with van der Waals surface area (Å²) in [6.45, 7) is 0. The highest BCUT2D eigenvalue weighted by Crippen LogP contribution is 2.37. The van der Waals surface area contributed by atoms with Crippen molar-refractivity contribution in [3.8, 4) is 0 Å². The molecule has 3 nitrogen and oxygen atoms in total. The zero-order chi connectivity index (χ0) is 15.8. The van der Waals surface area contributed by atoms with E-state index in [1.54, 1.807) is 11.8 Å². The fraction of sp³-hybridized carbons (Fsp3) is 0.111. The molecule has 2 aliphatic rings. The highest BCUT2D eigenvalue weighted by atomic mass is 79.9. The number of allylic oxidation sites excluding steroid dienone is 1. The Labute approximate surface area is 147 Å². The van der Waals surface area contributed by atoms with Gasteiger partial charge in [-0.05, 0) is 42.2 Å². The Hall–Kier alpha value is -1.85. The smallest absolute Gasteiger partial charge is 0.278 e. The zero-order valence-electron chi connectivity index (χ0n) is 12.2. The quantitative estimate of drug-likeness (QED) is 0.737. The normalized spacial score (nSPS) is 18.5. The van der Waals surface area contributed by atoms with Crippen LogP contribution in [0.25, 0.3) is 0 Å². The maximum Gasteiger partial charge on any atom is 0.281 e. The number of fused-ring (bicyclic) bond motifs is 1. The molecule has 0 atom stereocenters. The van der Waals surface area contributed by atoms with E-state index in [1.165, 1.54) is 0 Å². The molecule has 0 aliphatic carbocycles. The number of thioether (sulfide) groups is 1. The Bertz CT molecular complexity index is 842. The van der Waals surface area contributed by atoms with Crippen molar-refractivity contribution < 1.29 is 4.79 Å². The van der Waals surface area contributed by atoms with Crippen LogP contribution in [-0.2, 0) is 4.79 Å². The van der Waals surface area contributed by atoms with Crippen LogP contribution in [0.3, 0.4) is 0 Å². The molecule has 0 N–H and O–H groups in total. The standard InChI is InChI=1S/C18H13BrN2OS/c19-12-5-7-13(8-6-12)20-17-15-3-1-2-4-16(15)21(18(17)22)14-9-10-23-11-14/h1-8,11H,9-10H2/b20-17-. The molecule has 114 valence electrons. The monoisotopic (exact) mass is 384 g/mol. The third-order valence-corrected chi connectivity index (χ3v) is 5.26. The number of rotatable bonds is 2. The number of aliphatic imine (C=N–C) groups is 1. The summed E-state index contributed by atoms with van der Waals surface area (Å²) in [7, 11) is 0. The van der Waals surface area contributed by atoms with E-state index in [9.17, 15) is 4.79 Å². The van der Waals surface area contributed by atoms with Crippen LogP contribution < -0.4 is 4.90 Å². The number of hydrogen-bond donors (Lipinski definition) is 0. The van der Waals surface area contributed by atoms with E-state index >= 15 is 0 Å². The van der Waals surface area contributed by atoms with Gasteiger partial charge in [0, 0.05) is 21.5 Å². The molecule has 0 saturated heterocycles. The lowest BCUT2D eigenvalue weighted by molar-refractivity contribution is -0.111. The van der Waals surface area contributed by atoms with Gasteiger partial charge < -0.3 is 0 Å². The first-order valence-electron chi connectivity index (χ1n) is 7.33. The van der Waals surface area contributed by atoms with Crippen molar-refractivity contribution in [3.63, 3.8) is 0 Å². The number of carbonyl (C=O) groups is 1. The minimum atomic E-state index is -0.0390. The lowest BCUT2D eigenvalue weighted by Gasteiger charge is -2.17. The van der Waals surface area contributed by atoms with Gasteiger partial charge in [0.05, 0.1) is 11.4 Å². The average molecular weight is 385 g/mol. The van der Waals surface area contributed by atoms with E-state index in [0.29, 0.717) is 5.71 Å². The highest BCUT2D eigenvalue weighted by molar-refractivity contribution is 9.10. The Morgan fingerprint density at radius 2 is 1.87 bits per heavy atom. The van der Waals surface area contributed by atoms with Crippen molar-refractivity contribution in [1.82, 2.24) is 0 Å². The fourth-order valence-electron chi connectivity index (χ4n) is 2.78. The molecule has 0 unspecified atom stereocenters. The molecule has 0 spiro atoms. The summed E-state index contributed by atoms with van der Waals surface area (Å²) in [5.41, 5.74) is 4.19. The summed E-state index contributed by atoms with van der Waals surface area (Å²) >= 11 is 5.17. The molecular weight excluding hydrogens is 372 g/mol. The molecule has 0 fully saturated rings. The van der Waals surface area contributed by atoms with Crippen LogP contribution >= 0.6 is 27.7 Å². The minimum absolute atomic E-state index is 0.0390. The van der Waals surface area contributed by atoms with Gasteiger partial charge >= 0.3 is 0 Å². The largest absolute Gasteiger partial charge is 0.281 e. The molecule has 2 aliphatic heterocycles. The number of para-hydroxylation sites is 1. The molecule has 0 aromatic heterocycles. The highest BCUT2D eigenvalue weighted by Gasteiger charge is 2.36. The lowest BCUT2D eigenvalue weighted by atomic mass is 10.1. The Morgan fingerprint density at radius 1 is 1.09 bits per heavy atom. The second kappa shape index (κ2) is 5.98. The van der Waals surface area contributed by atoms with Crippen LogP contribution in [0, 0.1) is 0 Å². The first-order valence-corrected chi connectivity index (χ1v) is 9.17. The van der Waals surface area contributed by atoms with Crippen LogP contribution in [-0.4, -0.2) is 17.4 Å². The van der Waals surface area contributed by atoms with Crippen LogP contribution in [0.4, 0.5) is 11.4 Å². The summed E-state index contributed by atoms with van der Waals surface area (Å²) in [5, 5.41) is 2.08. The molecule has 0 saturated carbocycles. The SMILES string of the molecule is O=C1/C(=N\c2ccc(Br)cc2)c2ccccc2N1C1=CSCC1. The van der Waals surface area contributed by atoms with Crippen LogP contribution in [0.2, 0.25) is 0 Å². The first kappa shape index (κ1) is 14.7. The third-order valence-electron chi connectivity index (χ3n) is 3.86. The van der Waals surface area contributed by atoms with Crippen molar-refractivity contribution in [3.05, 3.63) is 69.7 Å². The number of anilines is 1. The number of amides is 1. The maximum absolute atomic E-state index is 13.0. The summed E-state index contributed by atoms with van der Waals surface area (Å²) in [4.78, 5) is 19.4. The predicted octanol–water partition coefficient (Wildman–Crippen LogP) is 4.89. The van der Waals surface area contributed by atoms with Crippen molar-refractivity contribution in [2.24, 2.45) is 4.99 Å².